The molecule has 1 radical (unpaired) electrons. The van der Waals surface area contributed by atoms with Crippen LogP contribution in [0.15, 0.2) is 39.6 Å². The van der Waals surface area contributed by atoms with Crippen LogP contribution >= 0.6 is 15.9 Å². The van der Waals surface area contributed by atoms with Gasteiger partial charge in [0.15, 0.2) is 0 Å². The SMILES string of the molecule is CCOc1ccc(-c2[c-]cc(Br)c(=O)n2C)cc1.[Y]. The number of ether oxygens (including phenoxy) is 1. The summed E-state index contributed by atoms with van der Waals surface area (Å²) < 4.78 is 7.47. The smallest absolute Gasteiger partial charge is 0.208 e. The van der Waals surface area contributed by atoms with Crippen molar-refractivity contribution in [2.75, 3.05) is 6.61 Å². The summed E-state index contributed by atoms with van der Waals surface area (Å²) >= 11 is 3.20. The predicted octanol–water partition coefficient (Wildman–Crippen LogP) is 3.01. The van der Waals surface area contributed by atoms with E-state index in [9.17, 15) is 4.79 Å². The Balaban J connectivity index is 0.00000180. The van der Waals surface area contributed by atoms with Crippen molar-refractivity contribution in [2.45, 2.75) is 6.92 Å². The van der Waals surface area contributed by atoms with Crippen LogP contribution in [0.5, 0.6) is 5.75 Å². The Kier molecular flexibility index (Phi) is 6.44. The molecule has 0 aliphatic rings. The molecule has 0 fully saturated rings. The first-order valence-electron chi connectivity index (χ1n) is 5.64. The second-order valence-electron chi connectivity index (χ2n) is 3.81. The molecule has 0 aliphatic carbocycles. The van der Waals surface area contributed by atoms with Crippen molar-refractivity contribution < 1.29 is 37.4 Å². The number of halogens is 1. The Morgan fingerprint density at radius 1 is 1.32 bits per heavy atom. The van der Waals surface area contributed by atoms with E-state index in [1.807, 2.05) is 31.2 Å². The number of aromatic nitrogens is 1. The number of benzene rings is 1. The zero-order chi connectivity index (χ0) is 13.1. The van der Waals surface area contributed by atoms with Crippen LogP contribution in [0, 0.1) is 6.07 Å². The Hall–Kier alpha value is -0.446. The number of nitrogens with zero attached hydrogens (tertiary/aromatic N) is 1. The van der Waals surface area contributed by atoms with Gasteiger partial charge in [0.1, 0.15) is 5.75 Å². The van der Waals surface area contributed by atoms with Crippen LogP contribution in [-0.2, 0) is 39.8 Å². The Labute approximate surface area is 146 Å². The molecule has 0 saturated heterocycles. The number of hydrogen-bond donors (Lipinski definition) is 0. The zero-order valence-electron chi connectivity index (χ0n) is 10.8. The van der Waals surface area contributed by atoms with E-state index in [2.05, 4.69) is 22.0 Å². The van der Waals surface area contributed by atoms with Gasteiger partial charge in [-0.3, -0.25) is 4.79 Å². The number of rotatable bonds is 3. The molecule has 2 aromatic rings. The van der Waals surface area contributed by atoms with E-state index in [0.29, 0.717) is 11.1 Å². The molecule has 2 rings (SSSR count). The van der Waals surface area contributed by atoms with Crippen LogP contribution in [0.4, 0.5) is 0 Å². The molecule has 1 aromatic heterocycles. The van der Waals surface area contributed by atoms with Crippen molar-refractivity contribution in [2.24, 2.45) is 7.05 Å². The second-order valence-corrected chi connectivity index (χ2v) is 4.66. The van der Waals surface area contributed by atoms with Gasteiger partial charge in [-0.25, -0.2) is 0 Å². The van der Waals surface area contributed by atoms with Gasteiger partial charge in [0, 0.05) is 39.8 Å². The standard InChI is InChI=1S/C14H13BrNO2.Y/c1-3-18-11-6-4-10(5-7-11)13-9-8-12(15)14(17)16(13)2;/h4-8H,3H2,1-2H3;/q-1;. The maximum absolute atomic E-state index is 11.8. The molecule has 0 amide bonds. The molecule has 1 aromatic carbocycles. The minimum atomic E-state index is -0.0716. The quantitative estimate of drug-likeness (QED) is 0.748. The summed E-state index contributed by atoms with van der Waals surface area (Å²) in [6.07, 6.45) is 0. The summed E-state index contributed by atoms with van der Waals surface area (Å²) in [6.45, 7) is 2.59. The number of pyridine rings is 1. The second kappa shape index (κ2) is 7.37. The first-order chi connectivity index (χ1) is 8.63. The van der Waals surface area contributed by atoms with E-state index in [0.717, 1.165) is 17.0 Å². The minimum Gasteiger partial charge on any atom is -0.494 e. The summed E-state index contributed by atoms with van der Waals surface area (Å²) in [5, 5.41) is 0. The molecule has 0 bridgehead atoms. The molecule has 0 aliphatic heterocycles. The van der Waals surface area contributed by atoms with E-state index in [4.69, 9.17) is 4.74 Å². The third-order valence-corrected chi connectivity index (χ3v) is 3.19. The van der Waals surface area contributed by atoms with Gasteiger partial charge >= 0.3 is 0 Å². The summed E-state index contributed by atoms with van der Waals surface area (Å²) in [7, 11) is 1.73. The minimum absolute atomic E-state index is 0. The molecule has 0 unspecified atom stereocenters. The summed E-state index contributed by atoms with van der Waals surface area (Å²) in [5.74, 6) is 0.823. The molecule has 5 heteroatoms. The van der Waals surface area contributed by atoms with Gasteiger partial charge < -0.3 is 9.30 Å². The summed E-state index contributed by atoms with van der Waals surface area (Å²) in [6, 6.07) is 12.4. The van der Waals surface area contributed by atoms with E-state index in [1.54, 1.807) is 17.7 Å². The molecule has 0 saturated carbocycles. The summed E-state index contributed by atoms with van der Waals surface area (Å²) in [5.41, 5.74) is 1.62. The topological polar surface area (TPSA) is 31.2 Å². The molecule has 3 nitrogen and oxygen atoms in total. The Morgan fingerprint density at radius 2 is 1.95 bits per heavy atom. The van der Waals surface area contributed by atoms with E-state index in [1.165, 1.54) is 0 Å². The third-order valence-electron chi connectivity index (χ3n) is 2.62. The first-order valence-corrected chi connectivity index (χ1v) is 6.43. The molecule has 97 valence electrons. The van der Waals surface area contributed by atoms with Crippen LogP contribution in [-0.4, -0.2) is 11.2 Å². The predicted molar refractivity (Wildman–Crippen MR) is 74.8 cm³/mol. The summed E-state index contributed by atoms with van der Waals surface area (Å²) in [4.78, 5) is 11.8. The van der Waals surface area contributed by atoms with Gasteiger partial charge in [0.05, 0.1) is 6.61 Å². The van der Waals surface area contributed by atoms with Crippen LogP contribution in [0.2, 0.25) is 0 Å². The number of hydrogen-bond acceptors (Lipinski definition) is 2. The van der Waals surface area contributed by atoms with Gasteiger partial charge in [-0.05, 0) is 23.5 Å². The average Bonchev–Trinajstić information content (AvgIpc) is 2.38. The van der Waals surface area contributed by atoms with Crippen LogP contribution in [0.1, 0.15) is 6.92 Å². The van der Waals surface area contributed by atoms with Crippen LogP contribution < -0.4 is 10.3 Å². The van der Waals surface area contributed by atoms with Gasteiger partial charge in [-0.1, -0.05) is 11.3 Å². The maximum atomic E-state index is 11.8. The van der Waals surface area contributed by atoms with E-state index in [-0.39, 0.29) is 38.3 Å². The third kappa shape index (κ3) is 3.77. The largest absolute Gasteiger partial charge is 0.494 e. The van der Waals surface area contributed by atoms with Crippen LogP contribution in [0.3, 0.4) is 0 Å². The van der Waals surface area contributed by atoms with Gasteiger partial charge in [-0.2, -0.15) is 12.1 Å². The normalized spacial score (nSPS) is 9.84. The Bertz CT molecular complexity index is 608. The van der Waals surface area contributed by atoms with Crippen molar-refractivity contribution in [1.29, 1.82) is 0 Å². The van der Waals surface area contributed by atoms with Crippen molar-refractivity contribution in [3.05, 3.63) is 51.2 Å². The van der Waals surface area contributed by atoms with Gasteiger partial charge in [0.2, 0.25) is 5.56 Å². The van der Waals surface area contributed by atoms with Crippen molar-refractivity contribution in [1.82, 2.24) is 4.57 Å². The van der Waals surface area contributed by atoms with Gasteiger partial charge in [-0.15, -0.1) is 28.1 Å². The molecular weight excluding hydrogens is 383 g/mol. The fraction of sp³-hybridized carbons (Fsp3) is 0.214. The molecule has 0 atom stereocenters. The van der Waals surface area contributed by atoms with E-state index < -0.39 is 0 Å². The average molecular weight is 396 g/mol. The molecule has 19 heavy (non-hydrogen) atoms. The Morgan fingerprint density at radius 3 is 2.53 bits per heavy atom. The van der Waals surface area contributed by atoms with Crippen molar-refractivity contribution >= 4 is 15.9 Å². The molecule has 0 spiro atoms. The maximum Gasteiger partial charge on any atom is 0.208 e. The van der Waals surface area contributed by atoms with E-state index >= 15 is 0 Å². The molecule has 1 heterocycles. The monoisotopic (exact) mass is 395 g/mol. The fourth-order valence-corrected chi connectivity index (χ4v) is 2.09. The molecular formula is C14H13BrNO2Y-. The van der Waals surface area contributed by atoms with Crippen molar-refractivity contribution in [3.63, 3.8) is 0 Å². The van der Waals surface area contributed by atoms with Crippen LogP contribution in [0.25, 0.3) is 11.3 Å². The first kappa shape index (κ1) is 16.6. The molecule has 0 N–H and O–H groups in total. The zero-order valence-corrected chi connectivity index (χ0v) is 15.2. The van der Waals surface area contributed by atoms with Crippen molar-refractivity contribution in [3.8, 4) is 17.0 Å². The fourth-order valence-electron chi connectivity index (χ4n) is 1.70. The van der Waals surface area contributed by atoms with Gasteiger partial charge in [0.25, 0.3) is 0 Å².